The molecule has 0 aliphatic heterocycles. The number of hydrogen-bond acceptors (Lipinski definition) is 3. The molecule has 1 heterocycles. The summed E-state index contributed by atoms with van der Waals surface area (Å²) in [6.07, 6.45) is 0. The van der Waals surface area contributed by atoms with Crippen LogP contribution in [0.1, 0.15) is 16.1 Å². The molecule has 2 rings (SSSR count). The molecule has 2 amide bonds. The van der Waals surface area contributed by atoms with Crippen LogP contribution < -0.4 is 10.6 Å². The van der Waals surface area contributed by atoms with Crippen molar-refractivity contribution in [3.8, 4) is 0 Å². The molecule has 2 aromatic rings. The molecule has 5 nitrogen and oxygen atoms in total. The van der Waals surface area contributed by atoms with Gasteiger partial charge in [0.25, 0.3) is 5.91 Å². The molecule has 0 atom stereocenters. The molecule has 21 heavy (non-hydrogen) atoms. The number of aryl methyl sites for hydroxylation is 1. The Balaban J connectivity index is 1.87. The lowest BCUT2D eigenvalue weighted by Gasteiger charge is -2.07. The van der Waals surface area contributed by atoms with E-state index in [2.05, 4.69) is 26.6 Å². The predicted molar refractivity (Wildman–Crippen MR) is 83.6 cm³/mol. The lowest BCUT2D eigenvalue weighted by atomic mass is 10.2. The van der Waals surface area contributed by atoms with Crippen molar-refractivity contribution in [3.63, 3.8) is 0 Å². The topological polar surface area (TPSA) is 71.3 Å². The van der Waals surface area contributed by atoms with Gasteiger partial charge in [-0.2, -0.15) is 0 Å². The van der Waals surface area contributed by atoms with E-state index in [1.807, 2.05) is 6.92 Å². The van der Waals surface area contributed by atoms with Crippen LogP contribution in [0.2, 0.25) is 5.02 Å². The summed E-state index contributed by atoms with van der Waals surface area (Å²) in [7, 11) is 0. The molecular weight excluding hydrogens is 360 g/mol. The van der Waals surface area contributed by atoms with Gasteiger partial charge in [-0.15, -0.1) is 0 Å². The highest BCUT2D eigenvalue weighted by Gasteiger charge is 2.12. The second-order valence-electron chi connectivity index (χ2n) is 4.30. The second kappa shape index (κ2) is 6.78. The number of anilines is 1. The summed E-state index contributed by atoms with van der Waals surface area (Å²) in [4.78, 5) is 23.4. The fourth-order valence-electron chi connectivity index (χ4n) is 1.56. The molecule has 0 saturated carbocycles. The number of nitrogens with one attached hydrogen (secondary N) is 2. The van der Waals surface area contributed by atoms with Crippen LogP contribution in [0.5, 0.6) is 0 Å². The lowest BCUT2D eigenvalue weighted by Crippen LogP contribution is -2.32. The van der Waals surface area contributed by atoms with E-state index >= 15 is 0 Å². The van der Waals surface area contributed by atoms with Crippen LogP contribution in [0.4, 0.5) is 5.69 Å². The van der Waals surface area contributed by atoms with Gasteiger partial charge in [-0.1, -0.05) is 17.7 Å². The van der Waals surface area contributed by atoms with Gasteiger partial charge < -0.3 is 15.1 Å². The molecule has 0 radical (unpaired) electrons. The first-order valence-electron chi connectivity index (χ1n) is 6.05. The molecule has 110 valence electrons. The first-order chi connectivity index (χ1) is 9.95. The smallest absolute Gasteiger partial charge is 0.287 e. The van der Waals surface area contributed by atoms with Gasteiger partial charge in [-0.3, -0.25) is 9.59 Å². The molecule has 7 heteroatoms. The molecular formula is C14H12BrClN2O3. The molecule has 2 N–H and O–H groups in total. The number of amides is 2. The Kier molecular flexibility index (Phi) is 5.03. The van der Waals surface area contributed by atoms with E-state index < -0.39 is 5.91 Å². The summed E-state index contributed by atoms with van der Waals surface area (Å²) in [5.41, 5.74) is 1.50. The van der Waals surface area contributed by atoms with E-state index in [0.717, 1.165) is 5.56 Å². The van der Waals surface area contributed by atoms with Gasteiger partial charge in [0.15, 0.2) is 10.4 Å². The molecule has 0 fully saturated rings. The SMILES string of the molecule is Cc1ccc(NC(=O)CNC(=O)c2ccc(Br)o2)cc1Cl. The van der Waals surface area contributed by atoms with E-state index in [4.69, 9.17) is 16.0 Å². The molecule has 0 aliphatic rings. The number of benzene rings is 1. The van der Waals surface area contributed by atoms with Crippen molar-refractivity contribution in [2.75, 3.05) is 11.9 Å². The maximum atomic E-state index is 11.7. The van der Waals surface area contributed by atoms with Gasteiger partial charge in [0.1, 0.15) is 0 Å². The van der Waals surface area contributed by atoms with Crippen LogP contribution in [0, 0.1) is 6.92 Å². The first kappa shape index (κ1) is 15.6. The van der Waals surface area contributed by atoms with Crippen LogP contribution in [0.15, 0.2) is 39.4 Å². The zero-order chi connectivity index (χ0) is 15.4. The minimum atomic E-state index is -0.460. The van der Waals surface area contributed by atoms with Gasteiger partial charge in [-0.25, -0.2) is 0 Å². The molecule has 0 bridgehead atoms. The zero-order valence-electron chi connectivity index (χ0n) is 11.1. The van der Waals surface area contributed by atoms with Gasteiger partial charge in [0, 0.05) is 10.7 Å². The second-order valence-corrected chi connectivity index (χ2v) is 5.49. The summed E-state index contributed by atoms with van der Waals surface area (Å²) in [5.74, 6) is -0.681. The number of furan rings is 1. The molecule has 0 unspecified atom stereocenters. The Labute approximate surface area is 134 Å². The quantitative estimate of drug-likeness (QED) is 0.865. The van der Waals surface area contributed by atoms with Gasteiger partial charge in [0.2, 0.25) is 5.91 Å². The third-order valence-electron chi connectivity index (χ3n) is 2.66. The fraction of sp³-hybridized carbons (Fsp3) is 0.143. The number of halogens is 2. The van der Waals surface area contributed by atoms with Crippen molar-refractivity contribution in [2.24, 2.45) is 0 Å². The number of carbonyl (C=O) groups is 2. The van der Waals surface area contributed by atoms with Crippen molar-refractivity contribution in [2.45, 2.75) is 6.92 Å². The minimum absolute atomic E-state index is 0.132. The van der Waals surface area contributed by atoms with Crippen molar-refractivity contribution < 1.29 is 14.0 Å². The predicted octanol–water partition coefficient (Wildman–Crippen LogP) is 3.37. The van der Waals surface area contributed by atoms with Gasteiger partial charge in [0.05, 0.1) is 6.54 Å². The normalized spacial score (nSPS) is 10.2. The van der Waals surface area contributed by atoms with Crippen LogP contribution in [-0.4, -0.2) is 18.4 Å². The standard InChI is InChI=1S/C14H12BrClN2O3/c1-8-2-3-9(6-10(8)16)18-13(19)7-17-14(20)11-4-5-12(15)21-11/h2-6H,7H2,1H3,(H,17,20)(H,18,19). The maximum absolute atomic E-state index is 11.7. The van der Waals surface area contributed by atoms with E-state index in [0.29, 0.717) is 15.4 Å². The summed E-state index contributed by atoms with van der Waals surface area (Å²) in [6, 6.07) is 8.31. The van der Waals surface area contributed by atoms with Crippen molar-refractivity contribution in [1.29, 1.82) is 0 Å². The Bertz CT molecular complexity index is 685. The maximum Gasteiger partial charge on any atom is 0.287 e. The third kappa shape index (κ3) is 4.34. The van der Waals surface area contributed by atoms with Crippen LogP contribution in [0.3, 0.4) is 0 Å². The first-order valence-corrected chi connectivity index (χ1v) is 7.22. The fourth-order valence-corrected chi connectivity index (χ4v) is 2.05. The third-order valence-corrected chi connectivity index (χ3v) is 3.50. The van der Waals surface area contributed by atoms with E-state index in [-0.39, 0.29) is 18.2 Å². The lowest BCUT2D eigenvalue weighted by molar-refractivity contribution is -0.115. The van der Waals surface area contributed by atoms with Gasteiger partial charge in [-0.05, 0) is 52.7 Å². The molecule has 0 spiro atoms. The largest absolute Gasteiger partial charge is 0.444 e. The van der Waals surface area contributed by atoms with Crippen molar-refractivity contribution >= 4 is 45.0 Å². The van der Waals surface area contributed by atoms with Crippen molar-refractivity contribution in [1.82, 2.24) is 5.32 Å². The van der Waals surface area contributed by atoms with Crippen LogP contribution in [-0.2, 0) is 4.79 Å². The molecule has 1 aromatic carbocycles. The Morgan fingerprint density at radius 3 is 2.67 bits per heavy atom. The Morgan fingerprint density at radius 1 is 1.29 bits per heavy atom. The summed E-state index contributed by atoms with van der Waals surface area (Å²) in [5, 5.41) is 5.67. The monoisotopic (exact) mass is 370 g/mol. The average Bonchev–Trinajstić information content (AvgIpc) is 2.87. The summed E-state index contributed by atoms with van der Waals surface area (Å²) < 4.78 is 5.53. The number of rotatable bonds is 4. The number of hydrogen-bond donors (Lipinski definition) is 2. The Morgan fingerprint density at radius 2 is 2.05 bits per heavy atom. The highest BCUT2D eigenvalue weighted by molar-refractivity contribution is 9.10. The molecule has 1 aromatic heterocycles. The van der Waals surface area contributed by atoms with E-state index in [1.165, 1.54) is 6.07 Å². The summed E-state index contributed by atoms with van der Waals surface area (Å²) in [6.45, 7) is 1.71. The molecule has 0 aliphatic carbocycles. The van der Waals surface area contributed by atoms with Gasteiger partial charge >= 0.3 is 0 Å². The van der Waals surface area contributed by atoms with Crippen molar-refractivity contribution in [3.05, 3.63) is 51.3 Å². The van der Waals surface area contributed by atoms with Crippen LogP contribution >= 0.6 is 27.5 Å². The zero-order valence-corrected chi connectivity index (χ0v) is 13.4. The van der Waals surface area contributed by atoms with E-state index in [9.17, 15) is 9.59 Å². The molecule has 0 saturated heterocycles. The summed E-state index contributed by atoms with van der Waals surface area (Å²) >= 11 is 9.07. The highest BCUT2D eigenvalue weighted by Crippen LogP contribution is 2.19. The number of carbonyl (C=O) groups excluding carboxylic acids is 2. The average molecular weight is 372 g/mol. The highest BCUT2D eigenvalue weighted by atomic mass is 79.9. The van der Waals surface area contributed by atoms with E-state index in [1.54, 1.807) is 24.3 Å². The minimum Gasteiger partial charge on any atom is -0.444 e. The van der Waals surface area contributed by atoms with Crippen LogP contribution in [0.25, 0.3) is 0 Å². The Hall–Kier alpha value is -1.79.